The zero-order valence-corrected chi connectivity index (χ0v) is 23.2. The molecule has 4 aromatic carbocycles. The van der Waals surface area contributed by atoms with Crippen molar-refractivity contribution in [1.82, 2.24) is 4.98 Å². The summed E-state index contributed by atoms with van der Waals surface area (Å²) >= 11 is 0. The monoisotopic (exact) mass is 606 g/mol. The molecule has 5 aromatic rings. The Balaban J connectivity index is 0.00000353. The van der Waals surface area contributed by atoms with E-state index < -0.39 is 22.1 Å². The van der Waals surface area contributed by atoms with Crippen LogP contribution < -0.4 is 9.04 Å². The predicted molar refractivity (Wildman–Crippen MR) is 154 cm³/mol. The predicted octanol–water partition coefficient (Wildman–Crippen LogP) is 6.30. The molecule has 1 amide bonds. The van der Waals surface area contributed by atoms with Crippen LogP contribution in [0.4, 0.5) is 10.5 Å². The molecule has 0 saturated carbocycles. The molecular weight excluding hydrogens is 584 g/mol. The number of para-hydroxylation sites is 2. The van der Waals surface area contributed by atoms with Gasteiger partial charge in [0.1, 0.15) is 0 Å². The number of carbonyl (C=O) groups is 2. The summed E-state index contributed by atoms with van der Waals surface area (Å²) in [6, 6.07) is 26.0. The molecule has 198 valence electrons. The minimum Gasteiger partial charge on any atom is -0.481 e. The van der Waals surface area contributed by atoms with E-state index in [0.717, 1.165) is 5.56 Å². The van der Waals surface area contributed by atoms with Gasteiger partial charge >= 0.3 is 12.1 Å². The Labute approximate surface area is 235 Å². The molecule has 0 unspecified atom stereocenters. The third kappa shape index (κ3) is 5.62. The zero-order valence-electron chi connectivity index (χ0n) is 20.6. The lowest BCUT2D eigenvalue weighted by Gasteiger charge is -2.23. The lowest BCUT2D eigenvalue weighted by molar-refractivity contribution is -0.136. The molecule has 0 bridgehead atoms. The van der Waals surface area contributed by atoms with Crippen LogP contribution in [0.3, 0.4) is 0 Å². The number of anilines is 1. The Bertz CT molecular complexity index is 1740. The lowest BCUT2D eigenvalue weighted by atomic mass is 10.1. The molecule has 1 heterocycles. The van der Waals surface area contributed by atoms with Gasteiger partial charge in [-0.3, -0.25) is 4.79 Å². The fraction of sp³-hybridized carbons (Fsp3) is 0.0690. The van der Waals surface area contributed by atoms with Gasteiger partial charge in [0.25, 0.3) is 10.0 Å². The number of carboxylic acids is 1. The number of aromatic nitrogens is 1. The van der Waals surface area contributed by atoms with Gasteiger partial charge in [-0.25, -0.2) is 18.2 Å². The summed E-state index contributed by atoms with van der Waals surface area (Å²) in [5.41, 5.74) is 2.48. The first-order chi connectivity index (χ1) is 18.2. The molecule has 1 aromatic heterocycles. The molecule has 0 aliphatic carbocycles. The van der Waals surface area contributed by atoms with E-state index in [-0.39, 0.29) is 39.7 Å². The smallest absolute Gasteiger partial charge is 0.434 e. The highest BCUT2D eigenvalue weighted by atomic mass is 79.9. The summed E-state index contributed by atoms with van der Waals surface area (Å²) in [6.07, 6.45) is -1.39. The van der Waals surface area contributed by atoms with Crippen molar-refractivity contribution in [2.75, 3.05) is 4.31 Å². The molecule has 8 nitrogen and oxygen atoms in total. The van der Waals surface area contributed by atoms with E-state index in [9.17, 15) is 18.0 Å². The molecule has 0 radical (unpaired) electrons. The summed E-state index contributed by atoms with van der Waals surface area (Å²) in [4.78, 5) is 29.4. The summed E-state index contributed by atoms with van der Waals surface area (Å²) in [5.74, 6) is -0.847. The molecule has 0 aliphatic heterocycles. The third-order valence-electron chi connectivity index (χ3n) is 5.98. The Morgan fingerprint density at radius 2 is 1.36 bits per heavy atom. The number of fused-ring (bicyclic) bond motifs is 2. The second-order valence-electron chi connectivity index (χ2n) is 8.66. The number of sulfonamides is 1. The fourth-order valence-corrected chi connectivity index (χ4v) is 5.45. The van der Waals surface area contributed by atoms with Gasteiger partial charge in [0.05, 0.1) is 28.0 Å². The van der Waals surface area contributed by atoms with Gasteiger partial charge in [-0.2, -0.15) is 4.31 Å². The molecule has 0 fully saturated rings. The Hall–Kier alpha value is -4.28. The van der Waals surface area contributed by atoms with Gasteiger partial charge < -0.3 is 9.84 Å². The van der Waals surface area contributed by atoms with Gasteiger partial charge in [0, 0.05) is 10.8 Å². The highest BCUT2D eigenvalue weighted by molar-refractivity contribution is 8.93. The van der Waals surface area contributed by atoms with E-state index in [4.69, 9.17) is 9.84 Å². The molecular formula is C29H23BrN2O6S. The third-order valence-corrected chi connectivity index (χ3v) is 7.69. The number of amides is 1. The topological polar surface area (TPSA) is 114 Å². The number of carbonyl (C=O) groups excluding carboxylic acids is 1. The maximum Gasteiger partial charge on any atom is 0.434 e. The summed E-state index contributed by atoms with van der Waals surface area (Å²) in [7, 11) is -4.41. The van der Waals surface area contributed by atoms with Crippen molar-refractivity contribution < 1.29 is 27.9 Å². The van der Waals surface area contributed by atoms with Crippen LogP contribution in [0.5, 0.6) is 5.75 Å². The van der Waals surface area contributed by atoms with Crippen LogP contribution in [0.25, 0.3) is 21.8 Å². The standard InChI is InChI=1S/C29H22N2O6S.BrH/c1-19-10-16-22(17-11-19)38(35,36)31(21-14-12-20(13-15-21)18-27(32)33)29(34)37-28-23-6-2-4-8-25(23)30-26-9-5-3-7-24(26)28;/h2-17H,18H2,1H3,(H,32,33);1H. The molecule has 0 atom stereocenters. The normalized spacial score (nSPS) is 11.1. The largest absolute Gasteiger partial charge is 0.481 e. The number of pyridine rings is 1. The average molecular weight is 607 g/mol. The second kappa shape index (κ2) is 11.2. The van der Waals surface area contributed by atoms with Crippen LogP contribution in [-0.2, 0) is 21.2 Å². The van der Waals surface area contributed by atoms with Gasteiger partial charge in [0.2, 0.25) is 0 Å². The van der Waals surface area contributed by atoms with Crippen LogP contribution in [-0.4, -0.2) is 30.6 Å². The highest BCUT2D eigenvalue weighted by Crippen LogP contribution is 2.34. The Kier molecular flexibility index (Phi) is 7.98. The van der Waals surface area contributed by atoms with Crippen molar-refractivity contribution in [3.8, 4) is 5.75 Å². The SMILES string of the molecule is Br.Cc1ccc(S(=O)(=O)N(C(=O)Oc2c3ccccc3nc3ccccc23)c2ccc(CC(=O)O)cc2)cc1. The van der Waals surface area contributed by atoms with Crippen molar-refractivity contribution in [2.24, 2.45) is 0 Å². The second-order valence-corrected chi connectivity index (χ2v) is 10.4. The molecule has 5 rings (SSSR count). The van der Waals surface area contributed by atoms with E-state index in [1.54, 1.807) is 48.5 Å². The quantitative estimate of drug-likeness (QED) is 0.226. The van der Waals surface area contributed by atoms with Crippen molar-refractivity contribution in [3.63, 3.8) is 0 Å². The zero-order chi connectivity index (χ0) is 26.9. The first kappa shape index (κ1) is 27.7. The number of nitrogens with zero attached hydrogens (tertiary/aromatic N) is 2. The van der Waals surface area contributed by atoms with Gasteiger partial charge in [-0.15, -0.1) is 17.0 Å². The van der Waals surface area contributed by atoms with Crippen molar-refractivity contribution in [3.05, 3.63) is 108 Å². The van der Waals surface area contributed by atoms with E-state index in [2.05, 4.69) is 4.98 Å². The maximum atomic E-state index is 13.8. The number of rotatable bonds is 6. The first-order valence-electron chi connectivity index (χ1n) is 11.7. The van der Waals surface area contributed by atoms with E-state index in [1.807, 2.05) is 19.1 Å². The van der Waals surface area contributed by atoms with Crippen LogP contribution >= 0.6 is 17.0 Å². The fourth-order valence-electron chi connectivity index (χ4n) is 4.12. The van der Waals surface area contributed by atoms with Crippen LogP contribution in [0, 0.1) is 6.92 Å². The van der Waals surface area contributed by atoms with Gasteiger partial charge in [-0.05, 0) is 61.0 Å². The molecule has 39 heavy (non-hydrogen) atoms. The van der Waals surface area contributed by atoms with Crippen molar-refractivity contribution in [2.45, 2.75) is 18.2 Å². The van der Waals surface area contributed by atoms with E-state index in [0.29, 0.717) is 31.7 Å². The molecule has 0 aliphatic rings. The van der Waals surface area contributed by atoms with Crippen LogP contribution in [0.1, 0.15) is 11.1 Å². The molecule has 0 saturated heterocycles. The number of halogens is 1. The minimum atomic E-state index is -4.41. The van der Waals surface area contributed by atoms with Crippen molar-refractivity contribution >= 4 is 66.6 Å². The number of aryl methyl sites for hydroxylation is 1. The summed E-state index contributed by atoms with van der Waals surface area (Å²) in [5, 5.41) is 10.2. The Morgan fingerprint density at radius 1 is 0.821 bits per heavy atom. The summed E-state index contributed by atoms with van der Waals surface area (Å²) < 4.78 is 34.0. The lowest BCUT2D eigenvalue weighted by Crippen LogP contribution is -2.39. The number of carboxylic acid groups (broad SMARTS) is 1. The Morgan fingerprint density at radius 3 is 1.90 bits per heavy atom. The van der Waals surface area contributed by atoms with Crippen LogP contribution in [0.2, 0.25) is 0 Å². The molecule has 1 N–H and O–H groups in total. The number of hydrogen-bond acceptors (Lipinski definition) is 6. The molecule has 10 heteroatoms. The minimum absolute atomic E-state index is 0. The van der Waals surface area contributed by atoms with E-state index >= 15 is 0 Å². The maximum absolute atomic E-state index is 13.8. The number of benzene rings is 4. The summed E-state index contributed by atoms with van der Waals surface area (Å²) in [6.45, 7) is 1.82. The number of ether oxygens (including phenoxy) is 1. The van der Waals surface area contributed by atoms with Gasteiger partial charge in [0.15, 0.2) is 5.75 Å². The number of aliphatic carboxylic acids is 1. The average Bonchev–Trinajstić information content (AvgIpc) is 2.89. The van der Waals surface area contributed by atoms with E-state index in [1.165, 1.54) is 36.4 Å². The van der Waals surface area contributed by atoms with Gasteiger partial charge in [-0.1, -0.05) is 54.1 Å². The number of hydrogen-bond donors (Lipinski definition) is 1. The van der Waals surface area contributed by atoms with Crippen molar-refractivity contribution in [1.29, 1.82) is 0 Å². The highest BCUT2D eigenvalue weighted by Gasteiger charge is 2.33. The first-order valence-corrected chi connectivity index (χ1v) is 13.1. The van der Waals surface area contributed by atoms with Crippen LogP contribution in [0.15, 0.2) is 102 Å². The molecule has 0 spiro atoms.